The van der Waals surface area contributed by atoms with Crippen molar-refractivity contribution in [2.24, 2.45) is 0 Å². The number of sulfonamides is 1. The fourth-order valence-electron chi connectivity index (χ4n) is 3.54. The number of hydrogen-bond donors (Lipinski definition) is 1. The van der Waals surface area contributed by atoms with Crippen LogP contribution in [0.15, 0.2) is 47.4 Å². The first kappa shape index (κ1) is 20.8. The minimum atomic E-state index is -3.78. The highest BCUT2D eigenvalue weighted by molar-refractivity contribution is 7.89. The molecule has 1 aliphatic heterocycles. The van der Waals surface area contributed by atoms with Gasteiger partial charge in [-0.2, -0.15) is 0 Å². The average molecular weight is 408 g/mol. The van der Waals surface area contributed by atoms with Gasteiger partial charge in [-0.3, -0.25) is 0 Å². The van der Waals surface area contributed by atoms with E-state index in [-0.39, 0.29) is 17.3 Å². The van der Waals surface area contributed by atoms with E-state index in [1.54, 1.807) is 24.3 Å². The maximum atomic E-state index is 13.4. The summed E-state index contributed by atoms with van der Waals surface area (Å²) >= 11 is 0. The molecular formula is C21H26FNO4S. The molecule has 0 saturated carbocycles. The largest absolute Gasteiger partial charge is 0.492 e. The van der Waals surface area contributed by atoms with Gasteiger partial charge >= 0.3 is 0 Å². The molecular weight excluding hydrogens is 381 g/mol. The number of hydrogen-bond acceptors (Lipinski definition) is 4. The van der Waals surface area contributed by atoms with Crippen molar-refractivity contribution in [2.75, 3.05) is 26.4 Å². The van der Waals surface area contributed by atoms with E-state index < -0.39 is 15.4 Å². The van der Waals surface area contributed by atoms with Crippen LogP contribution in [-0.2, 0) is 20.2 Å². The van der Waals surface area contributed by atoms with Gasteiger partial charge < -0.3 is 9.47 Å². The lowest BCUT2D eigenvalue weighted by Crippen LogP contribution is -2.44. The smallest absolute Gasteiger partial charge is 0.244 e. The summed E-state index contributed by atoms with van der Waals surface area (Å²) in [6.45, 7) is 5.32. The van der Waals surface area contributed by atoms with Crippen molar-refractivity contribution in [1.29, 1.82) is 0 Å². The maximum absolute atomic E-state index is 13.4. The molecule has 0 aromatic heterocycles. The van der Waals surface area contributed by atoms with E-state index in [9.17, 15) is 12.8 Å². The Balaban J connectivity index is 1.89. The number of benzene rings is 2. The van der Waals surface area contributed by atoms with Crippen molar-refractivity contribution < 1.29 is 22.3 Å². The molecule has 0 atom stereocenters. The van der Waals surface area contributed by atoms with Crippen molar-refractivity contribution in [3.8, 4) is 5.75 Å². The average Bonchev–Trinajstić information content (AvgIpc) is 2.69. The summed E-state index contributed by atoms with van der Waals surface area (Å²) in [6, 6.07) is 11.4. The lowest BCUT2D eigenvalue weighted by molar-refractivity contribution is 0.0517. The second-order valence-corrected chi connectivity index (χ2v) is 8.84. The van der Waals surface area contributed by atoms with Crippen LogP contribution in [0.2, 0.25) is 0 Å². The van der Waals surface area contributed by atoms with Crippen molar-refractivity contribution >= 4 is 10.0 Å². The number of ether oxygens (including phenoxy) is 2. The molecule has 2 aromatic rings. The van der Waals surface area contributed by atoms with E-state index in [1.807, 2.05) is 19.9 Å². The van der Waals surface area contributed by atoms with Crippen LogP contribution in [-0.4, -0.2) is 34.8 Å². The van der Waals surface area contributed by atoms with Crippen LogP contribution in [0.25, 0.3) is 0 Å². The van der Waals surface area contributed by atoms with Gasteiger partial charge in [-0.15, -0.1) is 0 Å². The molecule has 0 radical (unpaired) electrons. The van der Waals surface area contributed by atoms with Gasteiger partial charge in [0.1, 0.15) is 16.5 Å². The standard InChI is InChI=1S/C21H26FNO4S/c1-3-27-19-9-4-16(2)14-20(19)28(24,25)23-15-21(10-12-26-13-11-21)17-5-7-18(22)8-6-17/h4-9,14,23H,3,10-13,15H2,1-2H3. The topological polar surface area (TPSA) is 64.6 Å². The van der Waals surface area contributed by atoms with Crippen molar-refractivity contribution in [3.63, 3.8) is 0 Å². The van der Waals surface area contributed by atoms with Crippen LogP contribution in [0.3, 0.4) is 0 Å². The zero-order chi connectivity index (χ0) is 20.2. The van der Waals surface area contributed by atoms with Crippen LogP contribution in [0.4, 0.5) is 4.39 Å². The van der Waals surface area contributed by atoms with Crippen LogP contribution in [0.5, 0.6) is 5.75 Å². The highest BCUT2D eigenvalue weighted by atomic mass is 32.2. The minimum Gasteiger partial charge on any atom is -0.492 e. The van der Waals surface area contributed by atoms with E-state index in [4.69, 9.17) is 9.47 Å². The zero-order valence-electron chi connectivity index (χ0n) is 16.2. The third-order valence-corrected chi connectivity index (χ3v) is 6.62. The van der Waals surface area contributed by atoms with Gasteiger partial charge in [-0.25, -0.2) is 17.5 Å². The Bertz CT molecular complexity index is 907. The summed E-state index contributed by atoms with van der Waals surface area (Å²) in [6.07, 6.45) is 1.32. The minimum absolute atomic E-state index is 0.135. The second kappa shape index (κ2) is 8.59. The van der Waals surface area contributed by atoms with E-state index >= 15 is 0 Å². The zero-order valence-corrected chi connectivity index (χ0v) is 17.0. The normalized spacial score (nSPS) is 16.7. The predicted octanol–water partition coefficient (Wildman–Crippen LogP) is 3.56. The first-order valence-electron chi connectivity index (χ1n) is 9.43. The fraction of sp³-hybridized carbons (Fsp3) is 0.429. The number of rotatable bonds is 7. The molecule has 1 saturated heterocycles. The molecule has 28 heavy (non-hydrogen) atoms. The molecule has 0 bridgehead atoms. The van der Waals surface area contributed by atoms with E-state index in [2.05, 4.69) is 4.72 Å². The van der Waals surface area contributed by atoms with Gasteiger partial charge in [0, 0.05) is 25.2 Å². The molecule has 0 spiro atoms. The molecule has 1 heterocycles. The molecule has 0 aliphatic carbocycles. The molecule has 152 valence electrons. The fourth-order valence-corrected chi connectivity index (χ4v) is 4.90. The highest BCUT2D eigenvalue weighted by Gasteiger charge is 2.36. The van der Waals surface area contributed by atoms with Crippen molar-refractivity contribution in [3.05, 3.63) is 59.4 Å². The predicted molar refractivity (Wildman–Crippen MR) is 106 cm³/mol. The summed E-state index contributed by atoms with van der Waals surface area (Å²) in [5, 5.41) is 0. The van der Waals surface area contributed by atoms with Gasteiger partial charge in [0.05, 0.1) is 6.61 Å². The molecule has 1 fully saturated rings. The van der Waals surface area contributed by atoms with E-state index in [1.165, 1.54) is 12.1 Å². The molecule has 7 heteroatoms. The van der Waals surface area contributed by atoms with Crippen LogP contribution in [0.1, 0.15) is 30.9 Å². The first-order valence-corrected chi connectivity index (χ1v) is 10.9. The number of halogens is 1. The Morgan fingerprint density at radius 3 is 2.46 bits per heavy atom. The summed E-state index contributed by atoms with van der Waals surface area (Å²) in [5.74, 6) is 0.0241. The van der Waals surface area contributed by atoms with Gasteiger partial charge in [-0.1, -0.05) is 18.2 Å². The molecule has 1 aliphatic rings. The summed E-state index contributed by atoms with van der Waals surface area (Å²) in [5.41, 5.74) is 1.31. The molecule has 3 rings (SSSR count). The summed E-state index contributed by atoms with van der Waals surface area (Å²) in [7, 11) is -3.78. The molecule has 0 amide bonds. The van der Waals surface area contributed by atoms with Crippen LogP contribution >= 0.6 is 0 Å². The quantitative estimate of drug-likeness (QED) is 0.762. The van der Waals surface area contributed by atoms with Gasteiger partial charge in [0.15, 0.2) is 0 Å². The third-order valence-electron chi connectivity index (χ3n) is 5.20. The Morgan fingerprint density at radius 2 is 1.82 bits per heavy atom. The molecule has 2 aromatic carbocycles. The molecule has 1 N–H and O–H groups in total. The van der Waals surface area contributed by atoms with Gasteiger partial charge in [-0.05, 0) is 62.1 Å². The van der Waals surface area contributed by atoms with E-state index in [0.717, 1.165) is 11.1 Å². The van der Waals surface area contributed by atoms with E-state index in [0.29, 0.717) is 38.4 Å². The Labute approximate surface area is 165 Å². The summed E-state index contributed by atoms with van der Waals surface area (Å²) in [4.78, 5) is 0.135. The lowest BCUT2D eigenvalue weighted by Gasteiger charge is -2.38. The SMILES string of the molecule is CCOc1ccc(C)cc1S(=O)(=O)NCC1(c2ccc(F)cc2)CCOCC1. The lowest BCUT2D eigenvalue weighted by atomic mass is 9.74. The van der Waals surface area contributed by atoms with Crippen molar-refractivity contribution in [2.45, 2.75) is 37.0 Å². The number of nitrogens with one attached hydrogen (secondary N) is 1. The van der Waals surface area contributed by atoms with Gasteiger partial charge in [0.2, 0.25) is 10.0 Å². The van der Waals surface area contributed by atoms with Crippen molar-refractivity contribution in [1.82, 2.24) is 4.72 Å². The first-order chi connectivity index (χ1) is 13.4. The number of aryl methyl sites for hydroxylation is 1. The highest BCUT2D eigenvalue weighted by Crippen LogP contribution is 2.35. The monoisotopic (exact) mass is 407 g/mol. The molecule has 0 unspecified atom stereocenters. The maximum Gasteiger partial charge on any atom is 0.244 e. The van der Waals surface area contributed by atoms with Crippen LogP contribution in [0, 0.1) is 12.7 Å². The Kier molecular flexibility index (Phi) is 6.37. The Morgan fingerprint density at radius 1 is 1.14 bits per heavy atom. The van der Waals surface area contributed by atoms with Gasteiger partial charge in [0.25, 0.3) is 0 Å². The van der Waals surface area contributed by atoms with Crippen LogP contribution < -0.4 is 9.46 Å². The third kappa shape index (κ3) is 4.54. The Hall–Kier alpha value is -1.96. The second-order valence-electron chi connectivity index (χ2n) is 7.11. The summed E-state index contributed by atoms with van der Waals surface area (Å²) < 4.78 is 53.3. The molecule has 5 nitrogen and oxygen atoms in total.